The summed E-state index contributed by atoms with van der Waals surface area (Å²) in [5.74, 6) is -0.827. The first kappa shape index (κ1) is 16.9. The molecule has 1 unspecified atom stereocenters. The second-order valence-electron chi connectivity index (χ2n) is 5.40. The monoisotopic (exact) mass is 294 g/mol. The van der Waals surface area contributed by atoms with Crippen molar-refractivity contribution in [2.75, 3.05) is 19.0 Å². The molecule has 0 aliphatic rings. The smallest absolute Gasteiger partial charge is 0.356 e. The third-order valence-corrected chi connectivity index (χ3v) is 3.02. The quantitative estimate of drug-likeness (QED) is 0.716. The molecule has 1 heterocycles. The van der Waals surface area contributed by atoms with E-state index in [9.17, 15) is 9.59 Å². The van der Waals surface area contributed by atoms with E-state index in [1.165, 1.54) is 13.3 Å². The van der Waals surface area contributed by atoms with E-state index in [0.717, 1.165) is 12.1 Å². The lowest BCUT2D eigenvalue weighted by molar-refractivity contribution is -0.138. The number of carbonyl (C=O) groups excluding carboxylic acids is 1. The van der Waals surface area contributed by atoms with Crippen LogP contribution in [0.2, 0.25) is 0 Å². The number of anilines is 1. The molecule has 0 aliphatic carbocycles. The van der Waals surface area contributed by atoms with E-state index < -0.39 is 11.9 Å². The molecule has 1 aromatic rings. The van der Waals surface area contributed by atoms with Crippen LogP contribution in [0.5, 0.6) is 0 Å². The van der Waals surface area contributed by atoms with Crippen molar-refractivity contribution in [1.29, 1.82) is 0 Å². The molecule has 21 heavy (non-hydrogen) atoms. The molecule has 0 saturated carbocycles. The highest BCUT2D eigenvalue weighted by atomic mass is 16.5. The van der Waals surface area contributed by atoms with Gasteiger partial charge in [0, 0.05) is 24.8 Å². The van der Waals surface area contributed by atoms with Crippen molar-refractivity contribution in [3.63, 3.8) is 0 Å². The summed E-state index contributed by atoms with van der Waals surface area (Å²) >= 11 is 0. The van der Waals surface area contributed by atoms with E-state index >= 15 is 0 Å². The topological polar surface area (TPSA) is 88.5 Å². The molecule has 0 radical (unpaired) electrons. The van der Waals surface area contributed by atoms with Gasteiger partial charge in [-0.3, -0.25) is 4.79 Å². The van der Waals surface area contributed by atoms with Gasteiger partial charge in [0.25, 0.3) is 0 Å². The molecule has 1 atom stereocenters. The van der Waals surface area contributed by atoms with Crippen molar-refractivity contribution in [1.82, 2.24) is 4.98 Å². The van der Waals surface area contributed by atoms with Crippen LogP contribution in [-0.2, 0) is 9.53 Å². The number of ether oxygens (including phenoxy) is 1. The van der Waals surface area contributed by atoms with Gasteiger partial charge in [-0.1, -0.05) is 13.8 Å². The average molecular weight is 294 g/mol. The van der Waals surface area contributed by atoms with Gasteiger partial charge in [0.15, 0.2) is 0 Å². The number of aliphatic carboxylic acids is 1. The number of esters is 1. The molecular formula is C15H22N2O4. The number of pyridine rings is 1. The average Bonchev–Trinajstić information content (AvgIpc) is 2.43. The molecule has 6 nitrogen and oxygen atoms in total. The van der Waals surface area contributed by atoms with E-state index in [4.69, 9.17) is 5.11 Å². The molecule has 0 fully saturated rings. The highest BCUT2D eigenvalue weighted by Crippen LogP contribution is 2.17. The molecular weight excluding hydrogens is 272 g/mol. The molecule has 116 valence electrons. The van der Waals surface area contributed by atoms with Crippen LogP contribution in [0.15, 0.2) is 18.3 Å². The zero-order chi connectivity index (χ0) is 15.8. The van der Waals surface area contributed by atoms with Gasteiger partial charge >= 0.3 is 11.9 Å². The van der Waals surface area contributed by atoms with Crippen LogP contribution < -0.4 is 5.32 Å². The van der Waals surface area contributed by atoms with Crippen LogP contribution in [-0.4, -0.2) is 35.7 Å². The zero-order valence-corrected chi connectivity index (χ0v) is 12.6. The van der Waals surface area contributed by atoms with E-state index in [2.05, 4.69) is 28.9 Å². The number of nitrogens with one attached hydrogen (secondary N) is 1. The number of carboxylic acids is 1. The second-order valence-corrected chi connectivity index (χ2v) is 5.40. The standard InChI is InChI=1S/C15H22N2O4/c1-10(2)6-11(7-14(18)19)9-17-12-4-5-16-13(8-12)15(20)21-3/h4-5,8,10-11H,6-7,9H2,1-3H3,(H,16,17)(H,18,19). The fourth-order valence-electron chi connectivity index (χ4n) is 2.17. The first-order chi connectivity index (χ1) is 9.92. The van der Waals surface area contributed by atoms with Crippen molar-refractivity contribution in [3.8, 4) is 0 Å². The summed E-state index contributed by atoms with van der Waals surface area (Å²) in [6.07, 6.45) is 2.47. The van der Waals surface area contributed by atoms with Gasteiger partial charge in [-0.05, 0) is 30.4 Å². The number of hydrogen-bond donors (Lipinski definition) is 2. The van der Waals surface area contributed by atoms with Crippen LogP contribution in [0.3, 0.4) is 0 Å². The first-order valence-electron chi connectivity index (χ1n) is 6.92. The zero-order valence-electron chi connectivity index (χ0n) is 12.6. The van der Waals surface area contributed by atoms with Gasteiger partial charge < -0.3 is 15.2 Å². The van der Waals surface area contributed by atoms with Crippen LogP contribution >= 0.6 is 0 Å². The van der Waals surface area contributed by atoms with Gasteiger partial charge in [0.1, 0.15) is 5.69 Å². The number of methoxy groups -OCH3 is 1. The molecule has 0 saturated heterocycles. The summed E-state index contributed by atoms with van der Waals surface area (Å²) in [7, 11) is 1.30. The Bertz CT molecular complexity index is 488. The highest BCUT2D eigenvalue weighted by molar-refractivity contribution is 5.88. The normalized spacial score (nSPS) is 12.0. The second kappa shape index (κ2) is 8.24. The Balaban J connectivity index is 2.66. The number of rotatable bonds is 8. The molecule has 1 aromatic heterocycles. The molecule has 0 aromatic carbocycles. The number of carbonyl (C=O) groups is 2. The number of nitrogens with zero attached hydrogens (tertiary/aromatic N) is 1. The Kier molecular flexibility index (Phi) is 6.65. The Hall–Kier alpha value is -2.11. The maximum Gasteiger partial charge on any atom is 0.356 e. The highest BCUT2D eigenvalue weighted by Gasteiger charge is 2.15. The Labute approximate surface area is 124 Å². The molecule has 1 rings (SSSR count). The number of aromatic nitrogens is 1. The molecule has 0 amide bonds. The predicted molar refractivity (Wildman–Crippen MR) is 79.3 cm³/mol. The molecule has 2 N–H and O–H groups in total. The van der Waals surface area contributed by atoms with Gasteiger partial charge in [0.05, 0.1) is 7.11 Å². The van der Waals surface area contributed by atoms with Crippen LogP contribution in [0.4, 0.5) is 5.69 Å². The lowest BCUT2D eigenvalue weighted by Crippen LogP contribution is -2.20. The summed E-state index contributed by atoms with van der Waals surface area (Å²) < 4.78 is 4.62. The Morgan fingerprint density at radius 3 is 2.71 bits per heavy atom. The van der Waals surface area contributed by atoms with Crippen molar-refractivity contribution in [2.24, 2.45) is 11.8 Å². The summed E-state index contributed by atoms with van der Waals surface area (Å²) in [4.78, 5) is 26.2. The molecule has 0 aliphatic heterocycles. The summed E-state index contributed by atoms with van der Waals surface area (Å²) in [6.45, 7) is 4.67. The molecule has 0 bridgehead atoms. The van der Waals surface area contributed by atoms with Crippen molar-refractivity contribution < 1.29 is 19.4 Å². The van der Waals surface area contributed by atoms with E-state index in [-0.39, 0.29) is 18.0 Å². The van der Waals surface area contributed by atoms with E-state index in [1.54, 1.807) is 12.1 Å². The van der Waals surface area contributed by atoms with Crippen molar-refractivity contribution >= 4 is 17.6 Å². The van der Waals surface area contributed by atoms with Crippen molar-refractivity contribution in [2.45, 2.75) is 26.7 Å². The van der Waals surface area contributed by atoms with Gasteiger partial charge in [-0.2, -0.15) is 0 Å². The van der Waals surface area contributed by atoms with E-state index in [0.29, 0.717) is 12.5 Å². The van der Waals surface area contributed by atoms with E-state index in [1.807, 2.05) is 0 Å². The SMILES string of the molecule is COC(=O)c1cc(NCC(CC(=O)O)CC(C)C)ccn1. The molecule has 6 heteroatoms. The minimum atomic E-state index is -0.799. The fraction of sp³-hybridized carbons (Fsp3) is 0.533. The van der Waals surface area contributed by atoms with Crippen LogP contribution in [0.1, 0.15) is 37.2 Å². The third kappa shape index (κ3) is 6.25. The fourth-order valence-corrected chi connectivity index (χ4v) is 2.17. The lowest BCUT2D eigenvalue weighted by atomic mass is 9.94. The van der Waals surface area contributed by atoms with Crippen molar-refractivity contribution in [3.05, 3.63) is 24.0 Å². The maximum absolute atomic E-state index is 11.4. The number of carboxylic acid groups (broad SMARTS) is 1. The number of hydrogen-bond acceptors (Lipinski definition) is 5. The van der Waals surface area contributed by atoms with Gasteiger partial charge in [0.2, 0.25) is 0 Å². The minimum absolute atomic E-state index is 0.0391. The molecule has 0 spiro atoms. The third-order valence-electron chi connectivity index (χ3n) is 3.02. The predicted octanol–water partition coefficient (Wildman–Crippen LogP) is 2.42. The Morgan fingerprint density at radius 2 is 2.14 bits per heavy atom. The largest absolute Gasteiger partial charge is 0.481 e. The summed E-state index contributed by atoms with van der Waals surface area (Å²) in [5, 5.41) is 12.1. The van der Waals surface area contributed by atoms with Gasteiger partial charge in [-0.25, -0.2) is 9.78 Å². The maximum atomic E-state index is 11.4. The summed E-state index contributed by atoms with van der Waals surface area (Å²) in [5.41, 5.74) is 0.950. The van der Waals surface area contributed by atoms with Gasteiger partial charge in [-0.15, -0.1) is 0 Å². The lowest BCUT2D eigenvalue weighted by Gasteiger charge is -2.18. The van der Waals surface area contributed by atoms with Crippen LogP contribution in [0.25, 0.3) is 0 Å². The first-order valence-corrected chi connectivity index (χ1v) is 6.92. The summed E-state index contributed by atoms with van der Waals surface area (Å²) in [6, 6.07) is 3.33. The Morgan fingerprint density at radius 1 is 1.43 bits per heavy atom. The van der Waals surface area contributed by atoms with Crippen LogP contribution in [0, 0.1) is 11.8 Å². The minimum Gasteiger partial charge on any atom is -0.481 e.